The van der Waals surface area contributed by atoms with Gasteiger partial charge >= 0.3 is 0 Å². The molecule has 1 saturated heterocycles. The monoisotopic (exact) mass is 294 g/mol. The summed E-state index contributed by atoms with van der Waals surface area (Å²) in [6, 6.07) is 1.50. The fraction of sp³-hybridized carbons (Fsp3) is 0.800. The second-order valence-corrected chi connectivity index (χ2v) is 7.30. The van der Waals surface area contributed by atoms with E-state index in [-0.39, 0.29) is 0 Å². The lowest BCUT2D eigenvalue weighted by molar-refractivity contribution is 0.214. The Kier molecular flexibility index (Phi) is 4.71. The molecule has 0 aromatic carbocycles. The first kappa shape index (κ1) is 14.4. The molecule has 1 aromatic rings. The number of hydrogen-bond acceptors (Lipinski definition) is 5. The van der Waals surface area contributed by atoms with Gasteiger partial charge in [0.2, 0.25) is 0 Å². The summed E-state index contributed by atoms with van der Waals surface area (Å²) in [7, 11) is 4.46. The summed E-state index contributed by atoms with van der Waals surface area (Å²) in [5.74, 6) is 0. The maximum Gasteiger partial charge on any atom is 0.107 e. The first-order chi connectivity index (χ1) is 9.70. The van der Waals surface area contributed by atoms with Gasteiger partial charge in [-0.1, -0.05) is 0 Å². The van der Waals surface area contributed by atoms with E-state index < -0.39 is 0 Å². The maximum absolute atomic E-state index is 4.74. The third kappa shape index (κ3) is 4.01. The Hall–Kier alpha value is -0.490. The van der Waals surface area contributed by atoms with Crippen molar-refractivity contribution < 1.29 is 0 Å². The van der Waals surface area contributed by atoms with Gasteiger partial charge in [0, 0.05) is 37.1 Å². The van der Waals surface area contributed by atoms with Crippen molar-refractivity contribution in [1.29, 1.82) is 0 Å². The van der Waals surface area contributed by atoms with E-state index in [2.05, 4.69) is 34.6 Å². The molecule has 112 valence electrons. The lowest BCUT2D eigenvalue weighted by atomic mass is 10.2. The minimum absolute atomic E-state index is 0.731. The quantitative estimate of drug-likeness (QED) is 0.832. The van der Waals surface area contributed by atoms with Crippen LogP contribution in [0.5, 0.6) is 0 Å². The minimum atomic E-state index is 0.731. The molecule has 1 unspecified atom stereocenters. The zero-order chi connectivity index (χ0) is 13.9. The van der Waals surface area contributed by atoms with Gasteiger partial charge in [-0.15, -0.1) is 11.3 Å². The van der Waals surface area contributed by atoms with E-state index >= 15 is 0 Å². The van der Waals surface area contributed by atoms with Crippen LogP contribution in [0.1, 0.15) is 36.4 Å². The topological polar surface area (TPSA) is 31.4 Å². The molecule has 0 bridgehead atoms. The van der Waals surface area contributed by atoms with Crippen LogP contribution in [0.3, 0.4) is 0 Å². The van der Waals surface area contributed by atoms with Gasteiger partial charge in [0.15, 0.2) is 0 Å². The second kappa shape index (κ2) is 6.52. The van der Waals surface area contributed by atoms with Crippen molar-refractivity contribution in [1.82, 2.24) is 20.1 Å². The maximum atomic E-state index is 4.74. The van der Waals surface area contributed by atoms with Crippen LogP contribution in [0.15, 0.2) is 5.38 Å². The number of nitrogens with zero attached hydrogens (tertiary/aromatic N) is 3. The highest BCUT2D eigenvalue weighted by Crippen LogP contribution is 2.20. The molecule has 2 fully saturated rings. The van der Waals surface area contributed by atoms with Gasteiger partial charge in [-0.3, -0.25) is 4.90 Å². The van der Waals surface area contributed by atoms with E-state index in [1.165, 1.54) is 42.9 Å². The third-order valence-corrected chi connectivity index (χ3v) is 5.24. The van der Waals surface area contributed by atoms with Crippen LogP contribution in [0.2, 0.25) is 0 Å². The minimum Gasteiger partial charge on any atom is -0.308 e. The van der Waals surface area contributed by atoms with Crippen molar-refractivity contribution in [2.75, 3.05) is 27.2 Å². The summed E-state index contributed by atoms with van der Waals surface area (Å²) in [6.07, 6.45) is 5.38. The fourth-order valence-electron chi connectivity index (χ4n) is 2.93. The molecule has 1 aromatic heterocycles. The highest BCUT2D eigenvalue weighted by Gasteiger charge is 2.22. The van der Waals surface area contributed by atoms with Gasteiger partial charge in [-0.25, -0.2) is 4.98 Å². The molecule has 0 spiro atoms. The van der Waals surface area contributed by atoms with Crippen LogP contribution >= 0.6 is 11.3 Å². The average molecular weight is 294 g/mol. The van der Waals surface area contributed by atoms with Gasteiger partial charge in [0.1, 0.15) is 5.01 Å². The molecule has 1 atom stereocenters. The lowest BCUT2D eigenvalue weighted by Gasteiger charge is -2.25. The van der Waals surface area contributed by atoms with Gasteiger partial charge in [0.05, 0.1) is 5.69 Å². The summed E-state index contributed by atoms with van der Waals surface area (Å²) in [6.45, 7) is 4.34. The highest BCUT2D eigenvalue weighted by molar-refractivity contribution is 7.09. The van der Waals surface area contributed by atoms with Crippen molar-refractivity contribution in [3.05, 3.63) is 16.1 Å². The molecule has 20 heavy (non-hydrogen) atoms. The molecule has 3 rings (SSSR count). The van der Waals surface area contributed by atoms with Crippen LogP contribution in [0, 0.1) is 0 Å². The molecule has 0 radical (unpaired) electrons. The predicted molar refractivity (Wildman–Crippen MR) is 84.0 cm³/mol. The number of likely N-dealkylation sites (N-methyl/N-ethyl adjacent to an activating group) is 2. The van der Waals surface area contributed by atoms with Crippen LogP contribution < -0.4 is 5.32 Å². The van der Waals surface area contributed by atoms with Crippen molar-refractivity contribution in [3.63, 3.8) is 0 Å². The van der Waals surface area contributed by atoms with Crippen molar-refractivity contribution in [2.24, 2.45) is 0 Å². The van der Waals surface area contributed by atoms with E-state index in [9.17, 15) is 0 Å². The molecule has 5 heteroatoms. The molecule has 1 aliphatic carbocycles. The Balaban J connectivity index is 1.44. The highest BCUT2D eigenvalue weighted by atomic mass is 32.1. The number of thiazole rings is 1. The Labute approximate surface area is 126 Å². The number of rotatable bonds is 7. The van der Waals surface area contributed by atoms with Crippen LogP contribution in [0.25, 0.3) is 0 Å². The van der Waals surface area contributed by atoms with E-state index in [0.29, 0.717) is 0 Å². The molecule has 1 N–H and O–H groups in total. The van der Waals surface area contributed by atoms with Gasteiger partial charge in [-0.2, -0.15) is 0 Å². The van der Waals surface area contributed by atoms with Gasteiger partial charge < -0.3 is 10.2 Å². The normalized spacial score (nSPS) is 23.9. The Morgan fingerprint density at radius 2 is 2.30 bits per heavy atom. The zero-order valence-corrected chi connectivity index (χ0v) is 13.5. The predicted octanol–water partition coefficient (Wildman–Crippen LogP) is 1.92. The first-order valence-electron chi connectivity index (χ1n) is 7.76. The fourth-order valence-corrected chi connectivity index (χ4v) is 3.67. The summed E-state index contributed by atoms with van der Waals surface area (Å²) < 4.78 is 0. The molecule has 1 saturated carbocycles. The van der Waals surface area contributed by atoms with Crippen molar-refractivity contribution in [3.8, 4) is 0 Å². The van der Waals surface area contributed by atoms with Crippen LogP contribution in [0.4, 0.5) is 0 Å². The number of aromatic nitrogens is 1. The second-order valence-electron chi connectivity index (χ2n) is 6.36. The largest absolute Gasteiger partial charge is 0.308 e. The third-order valence-electron chi connectivity index (χ3n) is 4.34. The van der Waals surface area contributed by atoms with Gasteiger partial charge in [0.25, 0.3) is 0 Å². The summed E-state index contributed by atoms with van der Waals surface area (Å²) in [5.41, 5.74) is 1.23. The standard InChI is InChI=1S/C15H26N4S/c1-18(10-14-4-3-7-19(14)2)9-13-11-20-15(17-13)8-16-12-5-6-12/h11-12,14,16H,3-10H2,1-2H3. The number of likely N-dealkylation sites (tertiary alicyclic amines) is 1. The smallest absolute Gasteiger partial charge is 0.107 e. The molecule has 2 heterocycles. The van der Waals surface area contributed by atoms with Crippen LogP contribution in [-0.2, 0) is 13.1 Å². The molecular formula is C15H26N4S. The number of nitrogens with one attached hydrogen (secondary N) is 1. The Morgan fingerprint density at radius 3 is 3.00 bits per heavy atom. The van der Waals surface area contributed by atoms with E-state index in [0.717, 1.165) is 31.7 Å². The van der Waals surface area contributed by atoms with Crippen molar-refractivity contribution in [2.45, 2.75) is 50.9 Å². The molecule has 2 aliphatic rings. The molecular weight excluding hydrogens is 268 g/mol. The van der Waals surface area contributed by atoms with E-state index in [4.69, 9.17) is 4.98 Å². The Bertz CT molecular complexity index is 429. The SMILES string of the molecule is CN(Cc1csc(CNC2CC2)n1)CC1CCCN1C. The van der Waals surface area contributed by atoms with Crippen molar-refractivity contribution >= 4 is 11.3 Å². The zero-order valence-electron chi connectivity index (χ0n) is 12.6. The van der Waals surface area contributed by atoms with E-state index in [1.807, 2.05) is 0 Å². The molecule has 1 aliphatic heterocycles. The number of hydrogen-bond donors (Lipinski definition) is 1. The Morgan fingerprint density at radius 1 is 1.45 bits per heavy atom. The van der Waals surface area contributed by atoms with E-state index in [1.54, 1.807) is 11.3 Å². The molecule has 0 amide bonds. The summed E-state index contributed by atoms with van der Waals surface area (Å²) >= 11 is 1.79. The summed E-state index contributed by atoms with van der Waals surface area (Å²) in [4.78, 5) is 9.65. The lowest BCUT2D eigenvalue weighted by Crippen LogP contribution is -2.36. The molecule has 4 nitrogen and oxygen atoms in total. The first-order valence-corrected chi connectivity index (χ1v) is 8.64. The summed E-state index contributed by atoms with van der Waals surface area (Å²) in [5, 5.41) is 6.99. The average Bonchev–Trinajstić information content (AvgIpc) is 3.02. The van der Waals surface area contributed by atoms with Crippen LogP contribution in [-0.4, -0.2) is 54.1 Å². The van der Waals surface area contributed by atoms with Gasteiger partial charge in [-0.05, 0) is 46.3 Å².